The molecule has 0 unspecified atom stereocenters. The van der Waals surface area contributed by atoms with Crippen molar-refractivity contribution in [3.63, 3.8) is 0 Å². The summed E-state index contributed by atoms with van der Waals surface area (Å²) in [6, 6.07) is 10.3. The van der Waals surface area contributed by atoms with Gasteiger partial charge < -0.3 is 14.5 Å². The van der Waals surface area contributed by atoms with Gasteiger partial charge >= 0.3 is 0 Å². The number of thioether (sulfide) groups is 1. The Morgan fingerprint density at radius 1 is 1.03 bits per heavy atom. The number of carbonyl (C=O) groups excluding carboxylic acids is 1. The van der Waals surface area contributed by atoms with E-state index >= 15 is 0 Å². The van der Waals surface area contributed by atoms with E-state index in [2.05, 4.69) is 35.3 Å². The molecule has 150 valence electrons. The topological polar surface area (TPSA) is 32.8 Å². The molecule has 1 fully saturated rings. The highest BCUT2D eigenvalue weighted by Crippen LogP contribution is 2.47. The summed E-state index contributed by atoms with van der Waals surface area (Å²) in [5, 5.41) is 0. The van der Waals surface area contributed by atoms with Crippen molar-refractivity contribution in [2.75, 3.05) is 38.2 Å². The smallest absolute Gasteiger partial charge is 0.264 e. The Kier molecular flexibility index (Phi) is 5.14. The van der Waals surface area contributed by atoms with Crippen LogP contribution in [0.2, 0.25) is 0 Å². The van der Waals surface area contributed by atoms with Gasteiger partial charge in [-0.1, -0.05) is 12.2 Å². The van der Waals surface area contributed by atoms with E-state index in [0.717, 1.165) is 55.4 Å². The van der Waals surface area contributed by atoms with Gasteiger partial charge in [-0.15, -0.1) is 23.1 Å². The molecule has 3 heterocycles. The molecule has 0 spiro atoms. The number of benzene rings is 1. The summed E-state index contributed by atoms with van der Waals surface area (Å²) in [4.78, 5) is 21.1. The molecular weight excluding hydrogens is 400 g/mol. The quantitative estimate of drug-likeness (QED) is 0.692. The number of nitrogens with zero attached hydrogens (tertiary/aromatic N) is 2. The summed E-state index contributed by atoms with van der Waals surface area (Å²) in [7, 11) is 1.68. The van der Waals surface area contributed by atoms with Crippen LogP contribution in [0.15, 0.2) is 47.4 Å². The van der Waals surface area contributed by atoms with E-state index in [1.807, 2.05) is 28.8 Å². The molecule has 1 saturated heterocycles. The van der Waals surface area contributed by atoms with Gasteiger partial charge in [0, 0.05) is 53.0 Å². The number of rotatable bonds is 3. The number of fused-ring (bicyclic) bond motifs is 3. The van der Waals surface area contributed by atoms with Crippen molar-refractivity contribution in [1.29, 1.82) is 0 Å². The number of thiophene rings is 1. The highest BCUT2D eigenvalue weighted by Gasteiger charge is 2.28. The van der Waals surface area contributed by atoms with Gasteiger partial charge in [-0.2, -0.15) is 0 Å². The summed E-state index contributed by atoms with van der Waals surface area (Å²) in [5.74, 6) is 2.03. The van der Waals surface area contributed by atoms with Gasteiger partial charge in [0.15, 0.2) is 0 Å². The van der Waals surface area contributed by atoms with Gasteiger partial charge in [-0.05, 0) is 48.7 Å². The van der Waals surface area contributed by atoms with E-state index < -0.39 is 0 Å². The van der Waals surface area contributed by atoms with Gasteiger partial charge in [0.25, 0.3) is 5.91 Å². The highest BCUT2D eigenvalue weighted by molar-refractivity contribution is 8.03. The lowest BCUT2D eigenvalue weighted by atomic mass is 10.0. The lowest BCUT2D eigenvalue weighted by molar-refractivity contribution is 0.0751. The van der Waals surface area contributed by atoms with Gasteiger partial charge in [0.1, 0.15) is 5.75 Å². The zero-order chi connectivity index (χ0) is 19.8. The standard InChI is InChI=1S/C23H24N2O2S2/c1-27-18-8-6-17(7-9-18)24-10-12-25(13-11-24)23(26)21-14-16-15-28-20-5-3-2-4-19(20)22(16)29-21/h4-9,14H,2-3,10-13,15H2,1H3. The molecule has 0 bridgehead atoms. The lowest BCUT2D eigenvalue weighted by Crippen LogP contribution is -2.48. The minimum atomic E-state index is 0.186. The average molecular weight is 425 g/mol. The van der Waals surface area contributed by atoms with E-state index in [-0.39, 0.29) is 5.91 Å². The van der Waals surface area contributed by atoms with Crippen LogP contribution in [-0.2, 0) is 5.75 Å². The molecular formula is C23H24N2O2S2. The van der Waals surface area contributed by atoms with E-state index in [4.69, 9.17) is 4.74 Å². The van der Waals surface area contributed by atoms with Gasteiger partial charge in [-0.25, -0.2) is 0 Å². The van der Waals surface area contributed by atoms with Crippen molar-refractivity contribution in [2.45, 2.75) is 18.6 Å². The summed E-state index contributed by atoms with van der Waals surface area (Å²) >= 11 is 3.59. The Morgan fingerprint density at radius 2 is 1.79 bits per heavy atom. The highest BCUT2D eigenvalue weighted by atomic mass is 32.2. The molecule has 0 atom stereocenters. The zero-order valence-corrected chi connectivity index (χ0v) is 18.2. The van der Waals surface area contributed by atoms with Crippen LogP contribution in [0.4, 0.5) is 5.69 Å². The van der Waals surface area contributed by atoms with E-state index in [1.165, 1.54) is 26.6 Å². The molecule has 1 aromatic carbocycles. The Morgan fingerprint density at radius 3 is 2.55 bits per heavy atom. The fourth-order valence-corrected chi connectivity index (χ4v) is 6.61. The number of hydrogen-bond acceptors (Lipinski definition) is 5. The second kappa shape index (κ2) is 7.92. The molecule has 6 heteroatoms. The molecule has 0 N–H and O–H groups in total. The number of carbonyl (C=O) groups is 1. The number of methoxy groups -OCH3 is 1. The van der Waals surface area contributed by atoms with Gasteiger partial charge in [0.2, 0.25) is 0 Å². The van der Waals surface area contributed by atoms with Gasteiger partial charge in [-0.3, -0.25) is 4.79 Å². The SMILES string of the molecule is COc1ccc(N2CCN(C(=O)c3cc4c(s3)C3=CCCC=C3SC4)CC2)cc1. The van der Waals surface area contributed by atoms with Crippen LogP contribution in [0.1, 0.15) is 33.0 Å². The molecule has 3 aliphatic rings. The molecule has 1 amide bonds. The maximum Gasteiger partial charge on any atom is 0.264 e. The lowest BCUT2D eigenvalue weighted by Gasteiger charge is -2.36. The third-order valence-electron chi connectivity index (χ3n) is 5.76. The number of allylic oxidation sites excluding steroid dienone is 3. The normalized spacial score (nSPS) is 18.5. The molecule has 1 aromatic heterocycles. The molecule has 0 saturated carbocycles. The number of piperazine rings is 1. The first-order valence-corrected chi connectivity index (χ1v) is 11.9. The molecule has 2 aromatic rings. The Labute approximate surface area is 179 Å². The number of hydrogen-bond donors (Lipinski definition) is 0. The van der Waals surface area contributed by atoms with Crippen LogP contribution in [0, 0.1) is 0 Å². The molecule has 4 nitrogen and oxygen atoms in total. The van der Waals surface area contributed by atoms with Crippen LogP contribution >= 0.6 is 23.1 Å². The number of amides is 1. The first-order valence-electron chi connectivity index (χ1n) is 10.1. The molecule has 0 radical (unpaired) electrons. The van der Waals surface area contributed by atoms with Crippen LogP contribution in [-0.4, -0.2) is 44.1 Å². The van der Waals surface area contributed by atoms with Crippen molar-refractivity contribution in [3.8, 4) is 5.75 Å². The maximum absolute atomic E-state index is 13.2. The molecule has 1 aliphatic carbocycles. The minimum Gasteiger partial charge on any atom is -0.497 e. The second-order valence-electron chi connectivity index (χ2n) is 7.49. The molecule has 29 heavy (non-hydrogen) atoms. The van der Waals surface area contributed by atoms with Crippen molar-refractivity contribution in [1.82, 2.24) is 4.90 Å². The zero-order valence-electron chi connectivity index (χ0n) is 16.5. The first kappa shape index (κ1) is 18.8. The Hall–Kier alpha value is -2.18. The summed E-state index contributed by atoms with van der Waals surface area (Å²) in [5.41, 5.74) is 3.87. The van der Waals surface area contributed by atoms with Crippen LogP contribution in [0.5, 0.6) is 5.75 Å². The number of ether oxygens (including phenoxy) is 1. The largest absolute Gasteiger partial charge is 0.497 e. The van der Waals surface area contributed by atoms with E-state index in [1.54, 1.807) is 18.4 Å². The van der Waals surface area contributed by atoms with Crippen molar-refractivity contribution in [2.24, 2.45) is 0 Å². The Balaban J connectivity index is 1.27. The van der Waals surface area contributed by atoms with Crippen molar-refractivity contribution >= 4 is 40.3 Å². The van der Waals surface area contributed by atoms with E-state index in [9.17, 15) is 4.79 Å². The maximum atomic E-state index is 13.2. The second-order valence-corrected chi connectivity index (χ2v) is 9.56. The van der Waals surface area contributed by atoms with Crippen LogP contribution in [0.3, 0.4) is 0 Å². The van der Waals surface area contributed by atoms with Crippen molar-refractivity contribution < 1.29 is 9.53 Å². The number of anilines is 1. The fourth-order valence-electron chi connectivity index (χ4n) is 4.14. The monoisotopic (exact) mass is 424 g/mol. The predicted molar refractivity (Wildman–Crippen MR) is 122 cm³/mol. The summed E-state index contributed by atoms with van der Waals surface area (Å²) < 4.78 is 5.24. The predicted octanol–water partition coefficient (Wildman–Crippen LogP) is 5.03. The molecule has 2 aliphatic heterocycles. The average Bonchev–Trinajstić information content (AvgIpc) is 3.24. The van der Waals surface area contributed by atoms with Crippen LogP contribution in [0.25, 0.3) is 5.57 Å². The van der Waals surface area contributed by atoms with E-state index in [0.29, 0.717) is 0 Å². The van der Waals surface area contributed by atoms with Crippen LogP contribution < -0.4 is 9.64 Å². The minimum absolute atomic E-state index is 0.186. The van der Waals surface area contributed by atoms with Gasteiger partial charge in [0.05, 0.1) is 12.0 Å². The first-order chi connectivity index (χ1) is 14.2. The Bertz CT molecular complexity index is 983. The summed E-state index contributed by atoms with van der Waals surface area (Å²) in [6.45, 7) is 3.24. The summed E-state index contributed by atoms with van der Waals surface area (Å²) in [6.07, 6.45) is 6.94. The third-order valence-corrected chi connectivity index (χ3v) is 8.11. The van der Waals surface area contributed by atoms with Crippen molar-refractivity contribution in [3.05, 3.63) is 62.7 Å². The fraction of sp³-hybridized carbons (Fsp3) is 0.348. The third kappa shape index (κ3) is 3.60. The molecule has 5 rings (SSSR count).